The summed E-state index contributed by atoms with van der Waals surface area (Å²) in [4.78, 5) is 10.5. The summed E-state index contributed by atoms with van der Waals surface area (Å²) in [5.41, 5.74) is -0.00421. The van der Waals surface area contributed by atoms with Gasteiger partial charge in [-0.1, -0.05) is 23.2 Å². The van der Waals surface area contributed by atoms with E-state index in [1.54, 1.807) is 0 Å². The molecule has 0 heterocycles. The van der Waals surface area contributed by atoms with E-state index in [4.69, 9.17) is 23.2 Å². The number of methoxy groups -OCH3 is 1. The second-order valence-corrected chi connectivity index (χ2v) is 9.03. The minimum Gasteiger partial charge on any atom is -0.506 e. The van der Waals surface area contributed by atoms with E-state index in [1.807, 2.05) is 5.32 Å². The van der Waals surface area contributed by atoms with Crippen LogP contribution in [0.2, 0.25) is 10.0 Å². The molecular weight excluding hydrogens is 491 g/mol. The van der Waals surface area contributed by atoms with E-state index in [1.165, 1.54) is 6.07 Å². The van der Waals surface area contributed by atoms with Crippen molar-refractivity contribution in [3.05, 3.63) is 45.4 Å². The van der Waals surface area contributed by atoms with Gasteiger partial charge < -0.3 is 20.5 Å². The quantitative estimate of drug-likeness (QED) is 0.175. The molecule has 1 atom stereocenters. The summed E-state index contributed by atoms with van der Waals surface area (Å²) in [7, 11) is -4.24. The van der Waals surface area contributed by atoms with Gasteiger partial charge in [-0.25, -0.2) is 21.6 Å². The molecule has 170 valence electrons. The lowest BCUT2D eigenvalue weighted by molar-refractivity contribution is -0.119. The van der Waals surface area contributed by atoms with Gasteiger partial charge in [0.05, 0.1) is 29.4 Å². The monoisotopic (exact) mass is 504 g/mol. The second kappa shape index (κ2) is 9.37. The molecule has 0 aromatic heterocycles. The number of phenols is 1. The molecule has 0 saturated heterocycles. The van der Waals surface area contributed by atoms with E-state index in [2.05, 4.69) is 10.1 Å². The van der Waals surface area contributed by atoms with Crippen molar-refractivity contribution in [3.8, 4) is 11.5 Å². The Morgan fingerprint density at radius 1 is 1.10 bits per heavy atom. The Morgan fingerprint density at radius 3 is 2.23 bits per heavy atom. The highest BCUT2D eigenvalue weighted by Crippen LogP contribution is 2.36. The van der Waals surface area contributed by atoms with Crippen LogP contribution < -0.4 is 15.4 Å². The summed E-state index contributed by atoms with van der Waals surface area (Å²) in [5.74, 6) is -11.6. The van der Waals surface area contributed by atoms with Crippen LogP contribution in [0.1, 0.15) is 6.92 Å². The maximum Gasteiger partial charge on any atom is 0.240 e. The van der Waals surface area contributed by atoms with Crippen LogP contribution in [0, 0.1) is 23.3 Å². The van der Waals surface area contributed by atoms with Gasteiger partial charge in [0.1, 0.15) is 11.1 Å². The molecular formula is C17H14Cl2F4N2O5S. The van der Waals surface area contributed by atoms with Crippen LogP contribution in [-0.2, 0) is 14.6 Å². The highest BCUT2D eigenvalue weighted by atomic mass is 35.5. The average Bonchev–Trinajstić information content (AvgIpc) is 2.70. The fourth-order valence-electron chi connectivity index (χ4n) is 2.41. The number of carbonyl (C=O) groups excluding carboxylic acids is 1. The Balaban J connectivity index is 2.25. The van der Waals surface area contributed by atoms with Crippen molar-refractivity contribution in [2.45, 2.75) is 17.2 Å². The first-order valence-electron chi connectivity index (χ1n) is 8.17. The molecule has 0 bridgehead atoms. The maximum atomic E-state index is 14.2. The van der Waals surface area contributed by atoms with E-state index in [0.29, 0.717) is 0 Å². The molecule has 0 saturated carbocycles. The Kier molecular flexibility index (Phi) is 7.50. The Hall–Kier alpha value is -2.44. The minimum absolute atomic E-state index is 0.00421. The van der Waals surface area contributed by atoms with Crippen LogP contribution in [0.25, 0.3) is 0 Å². The zero-order chi connectivity index (χ0) is 23.7. The number of sulfone groups is 1. The van der Waals surface area contributed by atoms with Gasteiger partial charge in [0.25, 0.3) is 0 Å². The molecule has 2 aromatic carbocycles. The van der Waals surface area contributed by atoms with Crippen LogP contribution in [0.4, 0.5) is 23.2 Å². The third-order valence-electron chi connectivity index (χ3n) is 3.98. The molecule has 0 fully saturated rings. The number of ether oxygens (including phenoxy) is 1. The molecule has 3 N–H and O–H groups in total. The third kappa shape index (κ3) is 4.91. The molecule has 0 unspecified atom stereocenters. The van der Waals surface area contributed by atoms with Crippen LogP contribution in [-0.4, -0.2) is 38.5 Å². The number of halogens is 6. The Morgan fingerprint density at radius 2 is 1.65 bits per heavy atom. The van der Waals surface area contributed by atoms with Crippen molar-refractivity contribution in [3.63, 3.8) is 0 Å². The van der Waals surface area contributed by atoms with Crippen LogP contribution >= 0.6 is 23.2 Å². The van der Waals surface area contributed by atoms with Crippen molar-refractivity contribution in [1.82, 2.24) is 5.32 Å². The van der Waals surface area contributed by atoms with E-state index < -0.39 is 61.6 Å². The molecule has 1 amide bonds. The van der Waals surface area contributed by atoms with E-state index in [-0.39, 0.29) is 21.5 Å². The normalized spacial score (nSPS) is 12.4. The summed E-state index contributed by atoms with van der Waals surface area (Å²) in [6, 6.07) is 2.31. The zero-order valence-electron chi connectivity index (χ0n) is 15.7. The molecule has 14 heteroatoms. The molecule has 7 nitrogen and oxygen atoms in total. The van der Waals surface area contributed by atoms with Gasteiger partial charge in [-0.2, -0.15) is 4.39 Å². The van der Waals surface area contributed by atoms with Gasteiger partial charge >= 0.3 is 0 Å². The predicted octanol–water partition coefficient (Wildman–Crippen LogP) is 3.61. The minimum atomic E-state index is -4.97. The summed E-state index contributed by atoms with van der Waals surface area (Å²) in [5, 5.41) is 12.4. The van der Waals surface area contributed by atoms with Gasteiger partial charge in [0, 0.05) is 6.07 Å². The number of aromatic hydroxyl groups is 1. The summed E-state index contributed by atoms with van der Waals surface area (Å²) >= 11 is 11.5. The molecule has 31 heavy (non-hydrogen) atoms. The molecule has 0 radical (unpaired) electrons. The van der Waals surface area contributed by atoms with Gasteiger partial charge in [0.2, 0.25) is 27.4 Å². The van der Waals surface area contributed by atoms with E-state index in [9.17, 15) is 35.9 Å². The molecule has 0 spiro atoms. The summed E-state index contributed by atoms with van der Waals surface area (Å²) in [6.45, 7) is 0.305. The smallest absolute Gasteiger partial charge is 0.240 e. The largest absolute Gasteiger partial charge is 0.506 e. The van der Waals surface area contributed by atoms with Crippen molar-refractivity contribution < 1.29 is 40.6 Å². The fraction of sp³-hybridized carbons (Fsp3) is 0.235. The first-order valence-corrected chi connectivity index (χ1v) is 10.5. The first kappa shape index (κ1) is 24.8. The second-order valence-electron chi connectivity index (χ2n) is 6.01. The highest BCUT2D eigenvalue weighted by Gasteiger charge is 2.37. The van der Waals surface area contributed by atoms with Crippen molar-refractivity contribution in [2.75, 3.05) is 19.0 Å². The Bertz CT molecular complexity index is 1150. The van der Waals surface area contributed by atoms with Crippen LogP contribution in [0.5, 0.6) is 11.5 Å². The van der Waals surface area contributed by atoms with Crippen molar-refractivity contribution in [1.29, 1.82) is 0 Å². The molecule has 2 aromatic rings. The topological polar surface area (TPSA) is 105 Å². The molecule has 0 aliphatic carbocycles. The number of hydrogen-bond acceptors (Lipinski definition) is 6. The summed E-state index contributed by atoms with van der Waals surface area (Å²) < 4.78 is 84.6. The standard InChI is InChI=1S/C17H14Cl2F4N2O5S/c1-6(25-11(27)5-24-9-3-7(18)8(19)4-10(9)26)31(28,29)17-15(23)13(21)12(20)14(22)16(17)30-2/h3-4,6,24,26H,5H2,1-2H3,(H,25,27)/t6-/m0/s1. The number of phenolic OH excluding ortho intramolecular Hbond substituents is 1. The van der Waals surface area contributed by atoms with Crippen LogP contribution in [0.15, 0.2) is 17.0 Å². The lowest BCUT2D eigenvalue weighted by atomic mass is 10.3. The SMILES string of the molecule is COc1c(F)c(F)c(F)c(F)c1S(=O)(=O)[C@@H](C)NC(=O)CNc1cc(Cl)c(Cl)cc1O. The number of hydrogen-bond donors (Lipinski definition) is 3. The number of carbonyl (C=O) groups is 1. The Labute approximate surface area is 183 Å². The van der Waals surface area contributed by atoms with E-state index >= 15 is 0 Å². The molecule has 0 aliphatic rings. The van der Waals surface area contributed by atoms with Crippen molar-refractivity contribution >= 4 is 44.6 Å². The number of benzene rings is 2. The highest BCUT2D eigenvalue weighted by molar-refractivity contribution is 7.92. The number of anilines is 1. The zero-order valence-corrected chi connectivity index (χ0v) is 18.0. The first-order chi connectivity index (χ1) is 14.3. The number of amides is 1. The lowest BCUT2D eigenvalue weighted by Gasteiger charge is -2.18. The van der Waals surface area contributed by atoms with Crippen LogP contribution in [0.3, 0.4) is 0 Å². The predicted molar refractivity (Wildman–Crippen MR) is 104 cm³/mol. The summed E-state index contributed by atoms with van der Waals surface area (Å²) in [6.07, 6.45) is 0. The van der Waals surface area contributed by atoms with Gasteiger partial charge in [-0.15, -0.1) is 0 Å². The molecule has 0 aliphatic heterocycles. The van der Waals surface area contributed by atoms with Gasteiger partial charge in [-0.05, 0) is 13.0 Å². The van der Waals surface area contributed by atoms with E-state index in [0.717, 1.165) is 20.1 Å². The van der Waals surface area contributed by atoms with Gasteiger partial charge in [-0.3, -0.25) is 4.79 Å². The third-order valence-corrected chi connectivity index (χ3v) is 6.68. The average molecular weight is 505 g/mol. The number of nitrogens with one attached hydrogen (secondary N) is 2. The maximum absolute atomic E-state index is 14.2. The lowest BCUT2D eigenvalue weighted by Crippen LogP contribution is -2.41. The number of rotatable bonds is 7. The molecule has 2 rings (SSSR count). The van der Waals surface area contributed by atoms with Gasteiger partial charge in [0.15, 0.2) is 22.3 Å². The van der Waals surface area contributed by atoms with Crippen molar-refractivity contribution in [2.24, 2.45) is 0 Å². The fourth-order valence-corrected chi connectivity index (χ4v) is 4.15.